The molecule has 9 heteroatoms. The number of nitro groups is 1. The van der Waals surface area contributed by atoms with Crippen molar-refractivity contribution in [1.29, 1.82) is 0 Å². The number of oxime groups is 1. The van der Waals surface area contributed by atoms with Crippen LogP contribution in [-0.2, 0) is 14.4 Å². The van der Waals surface area contributed by atoms with Gasteiger partial charge in [-0.15, -0.1) is 0 Å². The molecule has 0 radical (unpaired) electrons. The van der Waals surface area contributed by atoms with Crippen molar-refractivity contribution < 1.29 is 19.3 Å². The van der Waals surface area contributed by atoms with E-state index in [4.69, 9.17) is 16.4 Å². The molecule has 2 aliphatic heterocycles. The summed E-state index contributed by atoms with van der Waals surface area (Å²) in [5, 5.41) is 15.5. The number of carbonyl (C=O) groups is 2. The van der Waals surface area contributed by atoms with E-state index < -0.39 is 28.8 Å². The van der Waals surface area contributed by atoms with Crippen LogP contribution in [0.4, 0.5) is 11.4 Å². The minimum Gasteiger partial charge on any atom is -0.381 e. The average molecular weight is 386 g/mol. The van der Waals surface area contributed by atoms with Gasteiger partial charge < -0.3 is 4.84 Å². The smallest absolute Gasteiger partial charge is 0.278 e. The van der Waals surface area contributed by atoms with Crippen molar-refractivity contribution in [3.63, 3.8) is 0 Å². The van der Waals surface area contributed by atoms with Crippen molar-refractivity contribution in [2.45, 2.75) is 13.0 Å². The van der Waals surface area contributed by atoms with Crippen LogP contribution in [-0.4, -0.2) is 28.6 Å². The molecule has 4 rings (SSSR count). The molecule has 0 aromatic heterocycles. The molecule has 27 heavy (non-hydrogen) atoms. The van der Waals surface area contributed by atoms with Gasteiger partial charge in [0.2, 0.25) is 12.0 Å². The van der Waals surface area contributed by atoms with Gasteiger partial charge in [0.05, 0.1) is 16.2 Å². The topological polar surface area (TPSA) is 102 Å². The number of rotatable bonds is 3. The molecule has 136 valence electrons. The number of benzene rings is 2. The highest BCUT2D eigenvalue weighted by Gasteiger charge is 2.56. The Morgan fingerprint density at radius 2 is 1.89 bits per heavy atom. The van der Waals surface area contributed by atoms with E-state index in [-0.39, 0.29) is 22.6 Å². The number of imide groups is 1. The lowest BCUT2D eigenvalue weighted by Gasteiger charge is -2.17. The van der Waals surface area contributed by atoms with E-state index in [9.17, 15) is 19.7 Å². The van der Waals surface area contributed by atoms with E-state index in [0.29, 0.717) is 10.6 Å². The maximum atomic E-state index is 13.1. The van der Waals surface area contributed by atoms with Gasteiger partial charge in [-0.05, 0) is 19.1 Å². The molecule has 0 spiro atoms. The van der Waals surface area contributed by atoms with Crippen LogP contribution in [0.15, 0.2) is 47.6 Å². The van der Waals surface area contributed by atoms with Crippen molar-refractivity contribution in [2.75, 3.05) is 4.90 Å². The molecule has 1 fully saturated rings. The first kappa shape index (κ1) is 17.2. The Morgan fingerprint density at radius 3 is 2.59 bits per heavy atom. The predicted molar refractivity (Wildman–Crippen MR) is 96.7 cm³/mol. The molecule has 1 saturated heterocycles. The highest BCUT2D eigenvalue weighted by Crippen LogP contribution is 2.38. The Hall–Kier alpha value is -3.26. The minimum atomic E-state index is -1.11. The molecule has 2 aliphatic rings. The normalized spacial score (nSPS) is 21.1. The van der Waals surface area contributed by atoms with Crippen molar-refractivity contribution in [3.05, 3.63) is 68.7 Å². The van der Waals surface area contributed by atoms with E-state index in [1.54, 1.807) is 24.3 Å². The van der Waals surface area contributed by atoms with Gasteiger partial charge in [-0.25, -0.2) is 4.90 Å². The second kappa shape index (κ2) is 6.17. The van der Waals surface area contributed by atoms with E-state index in [1.807, 2.05) is 0 Å². The van der Waals surface area contributed by atoms with Gasteiger partial charge in [0.1, 0.15) is 11.6 Å². The fourth-order valence-corrected chi connectivity index (χ4v) is 3.59. The zero-order chi connectivity index (χ0) is 19.3. The van der Waals surface area contributed by atoms with Crippen LogP contribution in [0.5, 0.6) is 0 Å². The second-order valence-electron chi connectivity index (χ2n) is 6.15. The molecule has 0 bridgehead atoms. The Labute approximate surface area is 158 Å². The fraction of sp³-hybridized carbons (Fsp3) is 0.167. The molecule has 2 aromatic carbocycles. The maximum absolute atomic E-state index is 13.1. The van der Waals surface area contributed by atoms with Gasteiger partial charge in [0.25, 0.3) is 11.6 Å². The van der Waals surface area contributed by atoms with Gasteiger partial charge in [-0.2, -0.15) is 0 Å². The number of anilines is 1. The van der Waals surface area contributed by atoms with Gasteiger partial charge in [0.15, 0.2) is 0 Å². The highest BCUT2D eigenvalue weighted by atomic mass is 35.5. The third-order valence-corrected chi connectivity index (χ3v) is 5.01. The first-order chi connectivity index (χ1) is 12.9. The van der Waals surface area contributed by atoms with Gasteiger partial charge >= 0.3 is 0 Å². The Morgan fingerprint density at radius 1 is 1.15 bits per heavy atom. The first-order valence-corrected chi connectivity index (χ1v) is 8.40. The number of nitro benzene ring substituents is 1. The Bertz CT molecular complexity index is 1040. The van der Waals surface area contributed by atoms with Crippen LogP contribution in [0.1, 0.15) is 11.1 Å². The third-order valence-electron chi connectivity index (χ3n) is 4.68. The zero-order valence-corrected chi connectivity index (χ0v) is 14.7. The molecule has 2 atom stereocenters. The van der Waals surface area contributed by atoms with Crippen molar-refractivity contribution in [3.8, 4) is 0 Å². The van der Waals surface area contributed by atoms with Crippen molar-refractivity contribution >= 4 is 40.5 Å². The summed E-state index contributed by atoms with van der Waals surface area (Å²) >= 11 is 6.19. The first-order valence-electron chi connectivity index (χ1n) is 8.02. The van der Waals surface area contributed by atoms with E-state index in [2.05, 4.69) is 5.16 Å². The molecular weight excluding hydrogens is 374 g/mol. The summed E-state index contributed by atoms with van der Waals surface area (Å²) in [7, 11) is 0. The number of nitrogens with zero attached hydrogens (tertiary/aromatic N) is 3. The number of carbonyl (C=O) groups excluding carboxylic acids is 2. The van der Waals surface area contributed by atoms with Crippen LogP contribution >= 0.6 is 11.6 Å². The molecule has 0 N–H and O–H groups in total. The third kappa shape index (κ3) is 2.48. The van der Waals surface area contributed by atoms with Crippen LogP contribution in [0.25, 0.3) is 0 Å². The summed E-state index contributed by atoms with van der Waals surface area (Å²) in [6.45, 7) is 1.49. The largest absolute Gasteiger partial charge is 0.381 e. The number of fused-ring (bicyclic) bond motifs is 1. The van der Waals surface area contributed by atoms with E-state index in [1.165, 1.54) is 25.1 Å². The van der Waals surface area contributed by atoms with E-state index in [0.717, 1.165) is 4.90 Å². The standard InChI is InChI=1S/C18H12ClN3O5/c1-9-12(7-4-8-13(9)22(25)26)21-17(23)14-15(20-27-16(14)18(21)24)10-5-2-3-6-11(10)19/h2-8,14,16H,1H3. The molecular formula is C18H12ClN3O5. The van der Waals surface area contributed by atoms with Crippen LogP contribution < -0.4 is 4.90 Å². The number of amides is 2. The summed E-state index contributed by atoms with van der Waals surface area (Å²) < 4.78 is 0. The lowest BCUT2D eigenvalue weighted by atomic mass is 9.94. The average Bonchev–Trinajstić information content (AvgIpc) is 3.17. The SMILES string of the molecule is Cc1c(N2C(=O)C3ON=C(c4ccccc4Cl)C3C2=O)cccc1[N+](=O)[O-]. The molecule has 2 amide bonds. The number of hydrogen-bond acceptors (Lipinski definition) is 6. The van der Waals surface area contributed by atoms with Gasteiger partial charge in [-0.3, -0.25) is 19.7 Å². The van der Waals surface area contributed by atoms with Crippen LogP contribution in [0.3, 0.4) is 0 Å². The van der Waals surface area contributed by atoms with Gasteiger partial charge in [0, 0.05) is 16.7 Å². The molecule has 2 unspecified atom stereocenters. The number of halogens is 1. The Balaban J connectivity index is 1.77. The summed E-state index contributed by atoms with van der Waals surface area (Å²) in [6.07, 6.45) is -1.11. The zero-order valence-electron chi connectivity index (χ0n) is 14.0. The van der Waals surface area contributed by atoms with Gasteiger partial charge in [-0.1, -0.05) is 41.0 Å². The Kier molecular flexibility index (Phi) is 3.92. The van der Waals surface area contributed by atoms with E-state index >= 15 is 0 Å². The molecule has 0 aliphatic carbocycles. The monoisotopic (exact) mass is 385 g/mol. The lowest BCUT2D eigenvalue weighted by molar-refractivity contribution is -0.385. The predicted octanol–water partition coefficient (Wildman–Crippen LogP) is 2.85. The molecule has 2 heterocycles. The summed E-state index contributed by atoms with van der Waals surface area (Å²) in [5.74, 6) is -2.11. The van der Waals surface area contributed by atoms with Crippen molar-refractivity contribution in [2.24, 2.45) is 11.1 Å². The maximum Gasteiger partial charge on any atom is 0.278 e. The summed E-state index contributed by atoms with van der Waals surface area (Å²) in [6, 6.07) is 11.0. The number of hydrogen-bond donors (Lipinski definition) is 0. The molecule has 0 saturated carbocycles. The highest BCUT2D eigenvalue weighted by molar-refractivity contribution is 6.38. The minimum absolute atomic E-state index is 0.163. The lowest BCUT2D eigenvalue weighted by Crippen LogP contribution is -2.33. The summed E-state index contributed by atoms with van der Waals surface area (Å²) in [4.78, 5) is 42.6. The van der Waals surface area contributed by atoms with Crippen LogP contribution in [0.2, 0.25) is 5.02 Å². The molecule has 2 aromatic rings. The fourth-order valence-electron chi connectivity index (χ4n) is 3.36. The second-order valence-corrected chi connectivity index (χ2v) is 6.56. The molecule has 8 nitrogen and oxygen atoms in total. The van der Waals surface area contributed by atoms with Crippen LogP contribution in [0, 0.1) is 23.0 Å². The summed E-state index contributed by atoms with van der Waals surface area (Å²) in [5.41, 5.74) is 0.988. The quantitative estimate of drug-likeness (QED) is 0.459. The van der Waals surface area contributed by atoms with Crippen molar-refractivity contribution in [1.82, 2.24) is 0 Å².